The molecule has 86 valence electrons. The minimum atomic E-state index is 0.318. The van der Waals surface area contributed by atoms with E-state index in [0.717, 1.165) is 42.1 Å². The van der Waals surface area contributed by atoms with E-state index >= 15 is 0 Å². The Morgan fingerprint density at radius 2 is 2.20 bits per heavy atom. The van der Waals surface area contributed by atoms with Gasteiger partial charge in [-0.05, 0) is 32.6 Å². The van der Waals surface area contributed by atoms with Crippen LogP contribution in [0.2, 0.25) is 5.02 Å². The highest BCUT2D eigenvalue weighted by molar-refractivity contribution is 6.31. The molecule has 0 amide bonds. The summed E-state index contributed by atoms with van der Waals surface area (Å²) in [4.78, 5) is 0. The van der Waals surface area contributed by atoms with E-state index in [1.807, 2.05) is 18.7 Å². The fourth-order valence-electron chi connectivity index (χ4n) is 1.69. The molecule has 4 heteroatoms. The fraction of sp³-hybridized carbons (Fsp3) is 0.727. The van der Waals surface area contributed by atoms with E-state index < -0.39 is 0 Å². The van der Waals surface area contributed by atoms with E-state index in [1.54, 1.807) is 0 Å². The third kappa shape index (κ3) is 3.21. The van der Waals surface area contributed by atoms with Gasteiger partial charge in [0.15, 0.2) is 0 Å². The molecule has 0 fully saturated rings. The first-order valence-electron chi connectivity index (χ1n) is 5.49. The van der Waals surface area contributed by atoms with Gasteiger partial charge < -0.3 is 5.73 Å². The molecule has 2 N–H and O–H groups in total. The van der Waals surface area contributed by atoms with Crippen LogP contribution >= 0.6 is 11.6 Å². The van der Waals surface area contributed by atoms with Gasteiger partial charge in [-0.1, -0.05) is 18.5 Å². The molecular formula is C11H20ClN3. The topological polar surface area (TPSA) is 43.8 Å². The molecule has 1 aromatic heterocycles. The third-order valence-corrected chi connectivity index (χ3v) is 3.27. The second kappa shape index (κ2) is 5.52. The number of hydrogen-bond donors (Lipinski definition) is 1. The van der Waals surface area contributed by atoms with E-state index in [2.05, 4.69) is 12.0 Å². The Morgan fingerprint density at radius 3 is 2.67 bits per heavy atom. The summed E-state index contributed by atoms with van der Waals surface area (Å²) >= 11 is 6.15. The van der Waals surface area contributed by atoms with Crippen molar-refractivity contribution in [1.29, 1.82) is 0 Å². The van der Waals surface area contributed by atoms with E-state index in [9.17, 15) is 0 Å². The first kappa shape index (κ1) is 12.5. The molecule has 0 aliphatic rings. The van der Waals surface area contributed by atoms with Gasteiger partial charge in [-0.2, -0.15) is 5.10 Å². The summed E-state index contributed by atoms with van der Waals surface area (Å²) in [6.45, 7) is 4.05. The molecule has 15 heavy (non-hydrogen) atoms. The second-order valence-corrected chi connectivity index (χ2v) is 4.41. The minimum Gasteiger partial charge on any atom is -0.328 e. The van der Waals surface area contributed by atoms with Crippen LogP contribution in [0, 0.1) is 6.92 Å². The number of rotatable bonds is 5. The zero-order valence-corrected chi connectivity index (χ0v) is 10.5. The molecule has 1 rings (SSSR count). The van der Waals surface area contributed by atoms with Gasteiger partial charge in [0.1, 0.15) is 0 Å². The summed E-state index contributed by atoms with van der Waals surface area (Å²) in [5, 5.41) is 5.09. The van der Waals surface area contributed by atoms with E-state index in [1.165, 1.54) is 0 Å². The Balaban J connectivity index is 2.50. The molecule has 0 bridgehead atoms. The number of nitrogens with two attached hydrogens (primary N) is 1. The van der Waals surface area contributed by atoms with Crippen molar-refractivity contribution in [3.8, 4) is 0 Å². The minimum absolute atomic E-state index is 0.318. The van der Waals surface area contributed by atoms with Crippen LogP contribution in [0.25, 0.3) is 0 Å². The van der Waals surface area contributed by atoms with Crippen LogP contribution in [0.4, 0.5) is 0 Å². The maximum atomic E-state index is 6.15. The number of halogens is 1. The molecule has 0 saturated carbocycles. The first-order chi connectivity index (χ1) is 7.06. The maximum Gasteiger partial charge on any atom is 0.0846 e. The molecule has 0 saturated heterocycles. The van der Waals surface area contributed by atoms with E-state index in [4.69, 9.17) is 17.3 Å². The van der Waals surface area contributed by atoms with Gasteiger partial charge in [-0.3, -0.25) is 4.68 Å². The molecule has 1 heterocycles. The Labute approximate surface area is 96.6 Å². The lowest BCUT2D eigenvalue weighted by Crippen LogP contribution is -2.18. The Kier molecular flexibility index (Phi) is 4.61. The monoisotopic (exact) mass is 229 g/mol. The van der Waals surface area contributed by atoms with Crippen LogP contribution in [0.1, 0.15) is 37.6 Å². The summed E-state index contributed by atoms with van der Waals surface area (Å²) < 4.78 is 1.87. The SMILES string of the molecule is CCC(N)CCCc1c(Cl)c(C)nn1C. The van der Waals surface area contributed by atoms with Gasteiger partial charge in [-0.25, -0.2) is 0 Å². The summed E-state index contributed by atoms with van der Waals surface area (Å²) in [6, 6.07) is 0.318. The van der Waals surface area contributed by atoms with Gasteiger partial charge in [0.05, 0.1) is 16.4 Å². The highest BCUT2D eigenvalue weighted by atomic mass is 35.5. The second-order valence-electron chi connectivity index (χ2n) is 4.03. The van der Waals surface area contributed by atoms with Crippen molar-refractivity contribution in [3.05, 3.63) is 16.4 Å². The summed E-state index contributed by atoms with van der Waals surface area (Å²) in [5.41, 5.74) is 7.90. The van der Waals surface area contributed by atoms with Crippen molar-refractivity contribution in [2.24, 2.45) is 12.8 Å². The molecule has 0 aliphatic carbocycles. The smallest absolute Gasteiger partial charge is 0.0846 e. The van der Waals surface area contributed by atoms with Gasteiger partial charge in [-0.15, -0.1) is 0 Å². The number of hydrogen-bond acceptors (Lipinski definition) is 2. The lowest BCUT2D eigenvalue weighted by molar-refractivity contribution is 0.557. The fourth-order valence-corrected chi connectivity index (χ4v) is 1.94. The highest BCUT2D eigenvalue weighted by Crippen LogP contribution is 2.21. The number of aromatic nitrogens is 2. The van der Waals surface area contributed by atoms with Crippen LogP contribution in [-0.2, 0) is 13.5 Å². The van der Waals surface area contributed by atoms with Gasteiger partial charge in [0.2, 0.25) is 0 Å². The van der Waals surface area contributed by atoms with Crippen LogP contribution in [0.15, 0.2) is 0 Å². The van der Waals surface area contributed by atoms with Gasteiger partial charge in [0, 0.05) is 13.1 Å². The van der Waals surface area contributed by atoms with Crippen LogP contribution in [0.5, 0.6) is 0 Å². The van der Waals surface area contributed by atoms with Crippen molar-refractivity contribution in [2.75, 3.05) is 0 Å². The molecule has 0 spiro atoms. The summed E-state index contributed by atoms with van der Waals surface area (Å²) in [6.07, 6.45) is 4.13. The predicted molar refractivity (Wildman–Crippen MR) is 64.2 cm³/mol. The van der Waals surface area contributed by atoms with Crippen LogP contribution in [-0.4, -0.2) is 15.8 Å². The average Bonchev–Trinajstić information content (AvgIpc) is 2.44. The molecule has 1 unspecified atom stereocenters. The van der Waals surface area contributed by atoms with Crippen molar-refractivity contribution in [2.45, 2.75) is 45.6 Å². The Bertz CT molecular complexity index is 320. The Hall–Kier alpha value is -0.540. The van der Waals surface area contributed by atoms with E-state index in [0.29, 0.717) is 6.04 Å². The van der Waals surface area contributed by atoms with E-state index in [-0.39, 0.29) is 0 Å². The largest absolute Gasteiger partial charge is 0.328 e. The van der Waals surface area contributed by atoms with Crippen LogP contribution < -0.4 is 5.73 Å². The average molecular weight is 230 g/mol. The van der Waals surface area contributed by atoms with Crippen LogP contribution in [0.3, 0.4) is 0 Å². The highest BCUT2D eigenvalue weighted by Gasteiger charge is 2.10. The van der Waals surface area contributed by atoms with Crippen molar-refractivity contribution >= 4 is 11.6 Å². The lowest BCUT2D eigenvalue weighted by atomic mass is 10.1. The number of nitrogens with zero attached hydrogens (tertiary/aromatic N) is 2. The third-order valence-electron chi connectivity index (χ3n) is 2.77. The van der Waals surface area contributed by atoms with Crippen molar-refractivity contribution in [3.63, 3.8) is 0 Å². The van der Waals surface area contributed by atoms with Crippen molar-refractivity contribution < 1.29 is 0 Å². The quantitative estimate of drug-likeness (QED) is 0.843. The zero-order chi connectivity index (χ0) is 11.4. The molecule has 3 nitrogen and oxygen atoms in total. The first-order valence-corrected chi connectivity index (χ1v) is 5.87. The maximum absolute atomic E-state index is 6.15. The standard InChI is InChI=1S/C11H20ClN3/c1-4-9(13)6-5-7-10-11(12)8(2)14-15(10)3/h9H,4-7,13H2,1-3H3. The molecule has 1 atom stereocenters. The lowest BCUT2D eigenvalue weighted by Gasteiger charge is -2.08. The molecule has 0 radical (unpaired) electrons. The summed E-state index contributed by atoms with van der Waals surface area (Å²) in [7, 11) is 1.94. The van der Waals surface area contributed by atoms with Gasteiger partial charge >= 0.3 is 0 Å². The zero-order valence-electron chi connectivity index (χ0n) is 9.76. The summed E-state index contributed by atoms with van der Waals surface area (Å²) in [5.74, 6) is 0. The molecular weight excluding hydrogens is 210 g/mol. The normalized spacial score (nSPS) is 13.1. The number of aryl methyl sites for hydroxylation is 2. The molecule has 0 aliphatic heterocycles. The Morgan fingerprint density at radius 1 is 1.53 bits per heavy atom. The van der Waals surface area contributed by atoms with Crippen molar-refractivity contribution in [1.82, 2.24) is 9.78 Å². The molecule has 1 aromatic rings. The molecule has 0 aromatic carbocycles. The van der Waals surface area contributed by atoms with Gasteiger partial charge in [0.25, 0.3) is 0 Å². The predicted octanol–water partition coefficient (Wildman–Crippen LogP) is 2.44.